The van der Waals surface area contributed by atoms with Crippen molar-refractivity contribution in [2.45, 2.75) is 90.9 Å². The van der Waals surface area contributed by atoms with Crippen LogP contribution in [0.5, 0.6) is 23.0 Å². The number of rotatable bonds is 22. The molecule has 72 heavy (non-hydrogen) atoms. The monoisotopic (exact) mass is 988 g/mol. The first kappa shape index (κ1) is 52.3. The second-order valence-corrected chi connectivity index (χ2v) is 18.0. The number of carbonyl (C=O) groups is 5. The highest BCUT2D eigenvalue weighted by Gasteiger charge is 2.45. The normalized spacial score (nSPS) is 19.0. The van der Waals surface area contributed by atoms with E-state index in [1.165, 1.54) is 31.3 Å². The first-order valence-corrected chi connectivity index (χ1v) is 24.0. The number of ketones is 1. The van der Waals surface area contributed by atoms with Crippen molar-refractivity contribution in [2.75, 3.05) is 50.9 Å². The molecule has 382 valence electrons. The number of aliphatic hydroxyl groups is 1. The fourth-order valence-electron chi connectivity index (χ4n) is 8.83. The van der Waals surface area contributed by atoms with Crippen molar-refractivity contribution >= 4 is 52.9 Å². The lowest BCUT2D eigenvalue weighted by Crippen LogP contribution is -2.51. The van der Waals surface area contributed by atoms with Crippen molar-refractivity contribution in [3.63, 3.8) is 0 Å². The van der Waals surface area contributed by atoms with Crippen molar-refractivity contribution < 1.29 is 52.8 Å². The summed E-state index contributed by atoms with van der Waals surface area (Å²) in [6.07, 6.45) is 11.8. The quantitative estimate of drug-likeness (QED) is 0.0565. The van der Waals surface area contributed by atoms with Gasteiger partial charge in [-0.2, -0.15) is 0 Å². The molecule has 0 radical (unpaired) electrons. The maximum atomic E-state index is 14.3. The minimum atomic E-state index is -1.52. The van der Waals surface area contributed by atoms with Gasteiger partial charge in [0.1, 0.15) is 6.61 Å². The van der Waals surface area contributed by atoms with Gasteiger partial charge in [0.15, 0.2) is 35.0 Å². The van der Waals surface area contributed by atoms with E-state index in [-0.39, 0.29) is 85.9 Å². The fourth-order valence-corrected chi connectivity index (χ4v) is 8.83. The van der Waals surface area contributed by atoms with Crippen molar-refractivity contribution in [2.24, 2.45) is 16.6 Å². The summed E-state index contributed by atoms with van der Waals surface area (Å²) in [6, 6.07) is 11.2. The van der Waals surface area contributed by atoms with E-state index in [1.54, 1.807) is 60.6 Å². The number of ether oxygens (including phenoxy) is 5. The van der Waals surface area contributed by atoms with Crippen LogP contribution in [0.4, 0.5) is 21.9 Å². The number of primary amides is 1. The fraction of sp³-hybridized carbons (Fsp3) is 0.396. The van der Waals surface area contributed by atoms with Crippen LogP contribution in [0.3, 0.4) is 0 Å². The van der Waals surface area contributed by atoms with Crippen LogP contribution in [0.15, 0.2) is 101 Å². The van der Waals surface area contributed by atoms with Gasteiger partial charge in [0, 0.05) is 49.5 Å². The Morgan fingerprint density at radius 1 is 0.833 bits per heavy atom. The summed E-state index contributed by atoms with van der Waals surface area (Å²) >= 11 is 0. The average molecular weight is 989 g/mol. The number of amides is 4. The minimum Gasteiger partial charge on any atom is -0.493 e. The van der Waals surface area contributed by atoms with Crippen LogP contribution in [0.2, 0.25) is 0 Å². The number of anilines is 2. The first-order valence-electron chi connectivity index (χ1n) is 24.0. The van der Waals surface area contributed by atoms with Gasteiger partial charge in [-0.3, -0.25) is 34.8 Å². The van der Waals surface area contributed by atoms with E-state index in [4.69, 9.17) is 29.4 Å². The number of allylic oxidation sites excluding steroid dienone is 4. The zero-order valence-corrected chi connectivity index (χ0v) is 41.7. The molecule has 4 aliphatic rings. The molecule has 4 aliphatic heterocycles. The Bertz CT molecular complexity index is 2680. The second-order valence-electron chi connectivity index (χ2n) is 18.0. The van der Waals surface area contributed by atoms with Crippen LogP contribution in [0.1, 0.15) is 80.2 Å². The number of carbonyl (C=O) groups excluding carboxylic acids is 5. The van der Waals surface area contributed by atoms with Gasteiger partial charge < -0.3 is 49.6 Å². The molecule has 0 bridgehead atoms. The molecule has 19 nitrogen and oxygen atoms in total. The Kier molecular flexibility index (Phi) is 17.2. The topological polar surface area (TPSA) is 236 Å². The summed E-state index contributed by atoms with van der Waals surface area (Å²) in [4.78, 5) is 75.4. The van der Waals surface area contributed by atoms with Gasteiger partial charge >= 0.3 is 6.09 Å². The van der Waals surface area contributed by atoms with Gasteiger partial charge in [0.25, 0.3) is 11.8 Å². The number of nitrogens with two attached hydrogens (primary N) is 1. The van der Waals surface area contributed by atoms with Crippen LogP contribution in [-0.4, -0.2) is 122 Å². The minimum absolute atomic E-state index is 0.00623. The van der Waals surface area contributed by atoms with Crippen molar-refractivity contribution in [1.29, 1.82) is 0 Å². The number of benzene rings is 3. The summed E-state index contributed by atoms with van der Waals surface area (Å²) in [7, 11) is 2.94. The maximum Gasteiger partial charge on any atom is 0.416 e. The van der Waals surface area contributed by atoms with E-state index in [0.717, 1.165) is 16.0 Å². The van der Waals surface area contributed by atoms with Gasteiger partial charge in [0.05, 0.1) is 80.6 Å². The molecule has 4 heterocycles. The predicted molar refractivity (Wildman–Crippen MR) is 272 cm³/mol. The summed E-state index contributed by atoms with van der Waals surface area (Å²) in [5.74, 6) is -0.0132. The zero-order chi connectivity index (χ0) is 51.6. The molecule has 0 saturated carbocycles. The molecule has 0 saturated heterocycles. The van der Waals surface area contributed by atoms with E-state index in [1.807, 2.05) is 58.2 Å². The molecule has 0 aliphatic carbocycles. The third-order valence-corrected chi connectivity index (χ3v) is 12.7. The summed E-state index contributed by atoms with van der Waals surface area (Å²) in [5.41, 5.74) is 9.59. The molecule has 7 rings (SSSR count). The lowest BCUT2D eigenvalue weighted by atomic mass is 10.0. The Labute approximate surface area is 419 Å². The van der Waals surface area contributed by atoms with Crippen LogP contribution >= 0.6 is 0 Å². The SMILES string of the molecule is C/C=C/C1=CN2C(=O)c3cc(OC)c(OCCCOc4cc5c(cc4OC)C(=O)N4C=C(/C=C/C)C[C@H]4[C@H](O)N5C(=O)OCc4ccc(NCC(=O)[C@H](C)NCN[C@H](C(N)=O)C(C)C)cc4)cc3N=C[C@@H]2C1. The molecular formula is C53H64N8O11. The molecule has 3 aromatic carbocycles. The van der Waals surface area contributed by atoms with E-state index in [2.05, 4.69) is 20.9 Å². The number of Topliss-reactive ketones (excluding diaryl/α,β-unsaturated/α-hetero) is 1. The molecule has 0 unspecified atom stereocenters. The highest BCUT2D eigenvalue weighted by atomic mass is 16.6. The van der Waals surface area contributed by atoms with Crippen LogP contribution in [0, 0.1) is 5.92 Å². The third kappa shape index (κ3) is 11.8. The number of aliphatic imine (C=N–C) groups is 1. The number of fused-ring (bicyclic) bond motifs is 4. The lowest BCUT2D eigenvalue weighted by molar-refractivity contribution is -0.121. The number of hydrogen-bond acceptors (Lipinski definition) is 15. The molecule has 19 heteroatoms. The highest BCUT2D eigenvalue weighted by Crippen LogP contribution is 2.43. The Hall–Kier alpha value is -7.48. The number of hydrogen-bond donors (Lipinski definition) is 5. The van der Waals surface area contributed by atoms with Crippen LogP contribution in [0.25, 0.3) is 0 Å². The van der Waals surface area contributed by atoms with Gasteiger partial charge in [-0.15, -0.1) is 0 Å². The zero-order valence-electron chi connectivity index (χ0n) is 41.7. The van der Waals surface area contributed by atoms with Crippen molar-refractivity contribution in [3.05, 3.63) is 113 Å². The predicted octanol–water partition coefficient (Wildman–Crippen LogP) is 6.11. The van der Waals surface area contributed by atoms with Crippen molar-refractivity contribution in [1.82, 2.24) is 20.4 Å². The largest absolute Gasteiger partial charge is 0.493 e. The van der Waals surface area contributed by atoms with Crippen LogP contribution in [-0.2, 0) is 20.9 Å². The molecule has 0 spiro atoms. The van der Waals surface area contributed by atoms with Gasteiger partial charge in [-0.05, 0) is 80.5 Å². The molecule has 6 N–H and O–H groups in total. The molecule has 4 amide bonds. The number of methoxy groups -OCH3 is 2. The lowest BCUT2D eigenvalue weighted by Gasteiger charge is -2.31. The average Bonchev–Trinajstić information content (AvgIpc) is 3.94. The van der Waals surface area contributed by atoms with Gasteiger partial charge in [0.2, 0.25) is 5.91 Å². The summed E-state index contributed by atoms with van der Waals surface area (Å²) < 4.78 is 29.5. The molecule has 5 atom stereocenters. The van der Waals surface area contributed by atoms with E-state index < -0.39 is 42.3 Å². The second kappa shape index (κ2) is 23.6. The Balaban J connectivity index is 1.01. The maximum absolute atomic E-state index is 14.3. The molecule has 3 aromatic rings. The Morgan fingerprint density at radius 2 is 1.46 bits per heavy atom. The molecule has 0 fully saturated rings. The molecular weight excluding hydrogens is 925 g/mol. The summed E-state index contributed by atoms with van der Waals surface area (Å²) in [5, 5.41) is 21.2. The van der Waals surface area contributed by atoms with E-state index >= 15 is 0 Å². The Morgan fingerprint density at radius 3 is 2.10 bits per heavy atom. The van der Waals surface area contributed by atoms with E-state index in [9.17, 15) is 29.1 Å². The van der Waals surface area contributed by atoms with Gasteiger partial charge in [-0.1, -0.05) is 50.3 Å². The van der Waals surface area contributed by atoms with E-state index in [0.29, 0.717) is 46.8 Å². The smallest absolute Gasteiger partial charge is 0.416 e. The number of nitrogens with one attached hydrogen (secondary N) is 3. The van der Waals surface area contributed by atoms with Crippen molar-refractivity contribution in [3.8, 4) is 23.0 Å². The van der Waals surface area contributed by atoms with Gasteiger partial charge in [-0.25, -0.2) is 9.69 Å². The molecule has 0 aromatic heterocycles. The van der Waals surface area contributed by atoms with Crippen LogP contribution < -0.4 is 45.5 Å². The number of nitrogens with zero attached hydrogens (tertiary/aromatic N) is 4. The number of aliphatic hydroxyl groups excluding tert-OH is 1. The third-order valence-electron chi connectivity index (χ3n) is 12.7. The standard InChI is InChI=1S/C53H64N8O11/c1-8-11-34-19-37-25-56-40-23-46(44(68-6)21-38(40)50(64)59(37)27-34)70-17-10-18-71-47-24-41-39(22-45(47)69-7)51(65)60-28-35(12-9-2)20-42(60)52(66)61(41)53(67)72-29-33-13-15-36(16-14-33)55-26-43(62)32(5)57-30-58-48(31(3)4)49(54)63/h8-9,11-16,21-25,27-28,31-32,37,42,48,52,55,57-58,66H,10,17-20,26,29-30H2,1-7H3,(H2,54,63)/b11-8+,12-9+/t32-,37-,42-,48-,52-/m0/s1. The summed E-state index contributed by atoms with van der Waals surface area (Å²) in [6.45, 7) is 9.66. The highest BCUT2D eigenvalue weighted by molar-refractivity contribution is 6.07. The first-order chi connectivity index (χ1) is 34.6.